The van der Waals surface area contributed by atoms with E-state index in [1.807, 2.05) is 0 Å². The maximum atomic E-state index is 4.72. The second-order valence-electron chi connectivity index (χ2n) is 5.87. The fourth-order valence-corrected chi connectivity index (χ4v) is 3.48. The monoisotopic (exact) mass is 303 g/mol. The van der Waals surface area contributed by atoms with Crippen molar-refractivity contribution in [2.75, 3.05) is 24.5 Å². The van der Waals surface area contributed by atoms with Crippen molar-refractivity contribution in [3.8, 4) is 0 Å². The lowest BCUT2D eigenvalue weighted by Gasteiger charge is -2.29. The Morgan fingerprint density at radius 2 is 1.95 bits per heavy atom. The lowest BCUT2D eigenvalue weighted by molar-refractivity contribution is -0.379. The van der Waals surface area contributed by atoms with Crippen molar-refractivity contribution in [1.29, 1.82) is 0 Å². The van der Waals surface area contributed by atoms with Gasteiger partial charge in [0.15, 0.2) is 0 Å². The van der Waals surface area contributed by atoms with Gasteiger partial charge in [-0.3, -0.25) is 0 Å². The lowest BCUT2D eigenvalue weighted by Crippen LogP contribution is -2.55. The van der Waals surface area contributed by atoms with E-state index in [9.17, 15) is 0 Å². The summed E-state index contributed by atoms with van der Waals surface area (Å²) < 4.78 is 4.52. The molecule has 1 aliphatic rings. The van der Waals surface area contributed by atoms with E-state index in [-0.39, 0.29) is 0 Å². The average Bonchev–Trinajstić information content (AvgIpc) is 2.98. The molecule has 5 heteroatoms. The van der Waals surface area contributed by atoms with E-state index in [1.54, 1.807) is 0 Å². The van der Waals surface area contributed by atoms with Crippen LogP contribution in [-0.4, -0.2) is 29.0 Å². The first-order chi connectivity index (χ1) is 10.2. The summed E-state index contributed by atoms with van der Waals surface area (Å²) in [5.74, 6) is 1.74. The van der Waals surface area contributed by atoms with Crippen LogP contribution in [0.1, 0.15) is 29.8 Å². The Morgan fingerprint density at radius 1 is 1.24 bits per heavy atom. The number of hydrogen-bond acceptors (Lipinski definition) is 4. The smallest absolute Gasteiger partial charge is 0.205 e. The molecule has 0 bridgehead atoms. The summed E-state index contributed by atoms with van der Waals surface area (Å²) in [5.41, 5.74) is 6.59. The average molecular weight is 303 g/mol. The molecule has 1 aliphatic heterocycles. The zero-order valence-electron chi connectivity index (χ0n) is 12.6. The molecule has 3 N–H and O–H groups in total. The number of anilines is 1. The topological polar surface area (TPSA) is 56.7 Å². The number of quaternary nitrogens is 1. The van der Waals surface area contributed by atoms with Crippen LogP contribution in [0.3, 0.4) is 0 Å². The van der Waals surface area contributed by atoms with Crippen molar-refractivity contribution in [3.63, 3.8) is 0 Å². The Hall–Kier alpha value is -1.46. The van der Waals surface area contributed by atoms with Crippen LogP contribution in [0.25, 0.3) is 0 Å². The van der Waals surface area contributed by atoms with Crippen LogP contribution in [0.2, 0.25) is 0 Å². The molecule has 0 unspecified atom stereocenters. The third kappa shape index (κ3) is 3.60. The highest BCUT2D eigenvalue weighted by Gasteiger charge is 2.21. The molecule has 2 heterocycles. The molecule has 1 aromatic carbocycles. The normalized spacial score (nSPS) is 16.4. The van der Waals surface area contributed by atoms with Gasteiger partial charge >= 0.3 is 0 Å². The summed E-state index contributed by atoms with van der Waals surface area (Å²) in [6.07, 6.45) is 3.29. The van der Waals surface area contributed by atoms with E-state index in [0.717, 1.165) is 42.9 Å². The van der Waals surface area contributed by atoms with E-state index in [0.29, 0.717) is 0 Å². The number of rotatable bonds is 4. The van der Waals surface area contributed by atoms with Crippen LogP contribution in [0.5, 0.6) is 0 Å². The summed E-state index contributed by atoms with van der Waals surface area (Å²) in [6.45, 7) is 5.36. The van der Waals surface area contributed by atoms with Crippen LogP contribution >= 0.6 is 11.5 Å². The minimum atomic E-state index is 0.793. The molecular weight excluding hydrogens is 280 g/mol. The predicted molar refractivity (Wildman–Crippen MR) is 86.6 cm³/mol. The van der Waals surface area contributed by atoms with Crippen molar-refractivity contribution in [2.24, 2.45) is 5.92 Å². The third-order valence-electron chi connectivity index (χ3n) is 4.23. The SMILES string of the molecule is Cc1ccc(Cc2nsc(N3CCC(C[NH3+])CC3)n2)cc1. The van der Waals surface area contributed by atoms with Crippen LogP contribution in [0.4, 0.5) is 5.13 Å². The largest absolute Gasteiger partial charge is 0.357 e. The maximum Gasteiger partial charge on any atom is 0.205 e. The minimum Gasteiger partial charge on any atom is -0.357 e. The summed E-state index contributed by atoms with van der Waals surface area (Å²) in [6, 6.07) is 8.61. The first-order valence-electron chi connectivity index (χ1n) is 7.67. The third-order valence-corrected chi connectivity index (χ3v) is 5.05. The molecule has 4 nitrogen and oxygen atoms in total. The molecule has 0 saturated carbocycles. The van der Waals surface area contributed by atoms with Gasteiger partial charge in [0.05, 0.1) is 6.54 Å². The molecule has 21 heavy (non-hydrogen) atoms. The molecule has 0 amide bonds. The van der Waals surface area contributed by atoms with Crippen molar-refractivity contribution < 1.29 is 5.73 Å². The van der Waals surface area contributed by atoms with Crippen molar-refractivity contribution >= 4 is 16.7 Å². The summed E-state index contributed by atoms with van der Waals surface area (Å²) in [5, 5.41) is 1.08. The lowest BCUT2D eigenvalue weighted by atomic mass is 9.98. The number of piperidine rings is 1. The van der Waals surface area contributed by atoms with Gasteiger partial charge in [0.1, 0.15) is 5.82 Å². The van der Waals surface area contributed by atoms with Crippen molar-refractivity contribution in [2.45, 2.75) is 26.2 Å². The van der Waals surface area contributed by atoms with Gasteiger partial charge < -0.3 is 10.6 Å². The summed E-state index contributed by atoms with van der Waals surface area (Å²) >= 11 is 1.54. The van der Waals surface area contributed by atoms with Crippen LogP contribution in [-0.2, 0) is 6.42 Å². The van der Waals surface area contributed by atoms with Gasteiger partial charge in [-0.1, -0.05) is 29.8 Å². The zero-order chi connectivity index (χ0) is 14.7. The minimum absolute atomic E-state index is 0.793. The maximum absolute atomic E-state index is 4.72. The molecule has 0 spiro atoms. The van der Waals surface area contributed by atoms with Gasteiger partial charge in [0.25, 0.3) is 0 Å². The number of aromatic nitrogens is 2. The Kier molecular flexibility index (Phi) is 4.51. The molecule has 1 saturated heterocycles. The molecule has 112 valence electrons. The highest BCUT2D eigenvalue weighted by Crippen LogP contribution is 2.24. The highest BCUT2D eigenvalue weighted by atomic mass is 32.1. The molecule has 1 aromatic heterocycles. The molecule has 0 radical (unpaired) electrons. The molecule has 1 fully saturated rings. The summed E-state index contributed by atoms with van der Waals surface area (Å²) in [7, 11) is 0. The van der Waals surface area contributed by atoms with E-state index < -0.39 is 0 Å². The fourth-order valence-electron chi connectivity index (χ4n) is 2.75. The van der Waals surface area contributed by atoms with Gasteiger partial charge in [-0.15, -0.1) is 0 Å². The standard InChI is InChI=1S/C16H22N4S/c1-12-2-4-13(5-3-12)10-15-18-16(21-19-15)20-8-6-14(11-17)7-9-20/h2-5,14H,6-11,17H2,1H3/p+1. The van der Waals surface area contributed by atoms with Gasteiger partial charge in [-0.05, 0) is 25.3 Å². The van der Waals surface area contributed by atoms with Crippen LogP contribution in [0.15, 0.2) is 24.3 Å². The Labute approximate surface area is 130 Å². The molecule has 0 atom stereocenters. The quantitative estimate of drug-likeness (QED) is 0.938. The van der Waals surface area contributed by atoms with E-state index >= 15 is 0 Å². The molecule has 3 rings (SSSR count). The number of nitrogens with zero attached hydrogens (tertiary/aromatic N) is 3. The molecule has 2 aromatic rings. The second kappa shape index (κ2) is 6.54. The van der Waals surface area contributed by atoms with E-state index in [1.165, 1.54) is 35.5 Å². The zero-order valence-corrected chi connectivity index (χ0v) is 13.4. The number of benzene rings is 1. The second-order valence-corrected chi connectivity index (χ2v) is 6.60. The van der Waals surface area contributed by atoms with Gasteiger partial charge in [-0.25, -0.2) is 4.98 Å². The Bertz CT molecular complexity index is 570. The highest BCUT2D eigenvalue weighted by molar-refractivity contribution is 7.09. The van der Waals surface area contributed by atoms with Crippen LogP contribution in [0, 0.1) is 12.8 Å². The predicted octanol–water partition coefficient (Wildman–Crippen LogP) is 1.90. The van der Waals surface area contributed by atoms with Gasteiger partial charge in [0.2, 0.25) is 5.13 Å². The molecular formula is C16H23N4S+. The van der Waals surface area contributed by atoms with Crippen LogP contribution < -0.4 is 10.6 Å². The van der Waals surface area contributed by atoms with Crippen molar-refractivity contribution in [3.05, 3.63) is 41.2 Å². The summed E-state index contributed by atoms with van der Waals surface area (Å²) in [4.78, 5) is 7.10. The Morgan fingerprint density at radius 3 is 2.62 bits per heavy atom. The first kappa shape index (κ1) is 14.5. The number of aryl methyl sites for hydroxylation is 1. The van der Waals surface area contributed by atoms with E-state index in [2.05, 4.69) is 46.2 Å². The number of hydrogen-bond donors (Lipinski definition) is 1. The van der Waals surface area contributed by atoms with Gasteiger partial charge in [0, 0.05) is 37.0 Å². The fraction of sp³-hybridized carbons (Fsp3) is 0.500. The van der Waals surface area contributed by atoms with E-state index in [4.69, 9.17) is 4.98 Å². The van der Waals surface area contributed by atoms with Gasteiger partial charge in [-0.2, -0.15) is 4.37 Å². The molecule has 0 aliphatic carbocycles. The van der Waals surface area contributed by atoms with Crippen molar-refractivity contribution in [1.82, 2.24) is 9.36 Å². The Balaban J connectivity index is 1.62. The first-order valence-corrected chi connectivity index (χ1v) is 8.44.